The lowest BCUT2D eigenvalue weighted by molar-refractivity contribution is -0.134. The highest BCUT2D eigenvalue weighted by Crippen LogP contribution is 2.26. The maximum Gasteiger partial charge on any atom is 0.243 e. The molecule has 0 bridgehead atoms. The SMILES string of the molecule is CC[C@H](C)[C@H](NC(=O)[C@H](Cc1nc2cc(Cl)ccc2s1)NC(C)=O)C(=O)N[C@@H](CCCCN)C(=O)N[C@@H](C)C[C@H](C)C(N)=O. The Morgan fingerprint density at radius 3 is 2.25 bits per heavy atom. The van der Waals surface area contributed by atoms with Crippen LogP contribution in [0.1, 0.15) is 71.7 Å². The molecule has 0 saturated carbocycles. The Labute approximate surface area is 267 Å². The lowest BCUT2D eigenvalue weighted by atomic mass is 9.96. The van der Waals surface area contributed by atoms with E-state index in [0.717, 1.165) is 4.70 Å². The van der Waals surface area contributed by atoms with Gasteiger partial charge in [-0.05, 0) is 63.3 Å². The molecular weight excluding hydrogens is 606 g/mol. The van der Waals surface area contributed by atoms with Gasteiger partial charge in [-0.25, -0.2) is 4.98 Å². The van der Waals surface area contributed by atoms with Gasteiger partial charge in [-0.1, -0.05) is 38.8 Å². The van der Waals surface area contributed by atoms with Gasteiger partial charge in [0.25, 0.3) is 0 Å². The molecule has 14 heteroatoms. The predicted octanol–water partition coefficient (Wildman–Crippen LogP) is 2.16. The number of hydrogen-bond acceptors (Lipinski definition) is 8. The molecule has 0 fully saturated rings. The summed E-state index contributed by atoms with van der Waals surface area (Å²) < 4.78 is 0.889. The fraction of sp³-hybridized carbons (Fsp3) is 0.600. The van der Waals surface area contributed by atoms with Crippen LogP contribution in [0.5, 0.6) is 0 Å². The van der Waals surface area contributed by atoms with Crippen LogP contribution < -0.4 is 32.7 Å². The minimum absolute atomic E-state index is 0.114. The normalized spacial score (nSPS) is 15.3. The molecule has 1 aromatic heterocycles. The third-order valence-corrected chi connectivity index (χ3v) is 8.72. The number of nitrogens with zero attached hydrogens (tertiary/aromatic N) is 1. The number of nitrogens with one attached hydrogen (secondary N) is 4. The highest BCUT2D eigenvalue weighted by molar-refractivity contribution is 7.18. The lowest BCUT2D eigenvalue weighted by Gasteiger charge is -2.28. The van der Waals surface area contributed by atoms with Crippen LogP contribution in [0.15, 0.2) is 18.2 Å². The van der Waals surface area contributed by atoms with Gasteiger partial charge in [-0.15, -0.1) is 11.3 Å². The van der Waals surface area contributed by atoms with Crippen molar-refractivity contribution in [3.8, 4) is 0 Å². The van der Waals surface area contributed by atoms with Gasteiger partial charge in [0.15, 0.2) is 0 Å². The molecule has 0 saturated heterocycles. The van der Waals surface area contributed by atoms with Crippen LogP contribution in [0.25, 0.3) is 10.2 Å². The number of nitrogens with two attached hydrogens (primary N) is 2. The number of aromatic nitrogens is 1. The van der Waals surface area contributed by atoms with Gasteiger partial charge < -0.3 is 32.7 Å². The molecule has 0 aliphatic heterocycles. The van der Waals surface area contributed by atoms with Gasteiger partial charge in [-0.3, -0.25) is 24.0 Å². The molecule has 6 atom stereocenters. The van der Waals surface area contributed by atoms with Crippen LogP contribution >= 0.6 is 22.9 Å². The van der Waals surface area contributed by atoms with E-state index in [1.807, 2.05) is 19.9 Å². The summed E-state index contributed by atoms with van der Waals surface area (Å²) in [6.07, 6.45) is 2.62. The van der Waals surface area contributed by atoms with Crippen molar-refractivity contribution in [2.75, 3.05) is 6.54 Å². The summed E-state index contributed by atoms with van der Waals surface area (Å²) in [4.78, 5) is 68.4. The molecule has 0 spiro atoms. The maximum absolute atomic E-state index is 13.6. The number of rotatable bonds is 18. The summed E-state index contributed by atoms with van der Waals surface area (Å²) in [5.74, 6) is -3.05. The Balaban J connectivity index is 2.22. The Bertz CT molecular complexity index is 1310. The summed E-state index contributed by atoms with van der Waals surface area (Å²) in [6, 6.07) is 2.12. The molecule has 2 rings (SSSR count). The largest absolute Gasteiger partial charge is 0.369 e. The average Bonchev–Trinajstić information content (AvgIpc) is 3.35. The molecule has 8 N–H and O–H groups in total. The first kappa shape index (κ1) is 36.9. The first-order chi connectivity index (χ1) is 20.7. The van der Waals surface area contributed by atoms with E-state index in [2.05, 4.69) is 26.3 Å². The number of primary amides is 1. The van der Waals surface area contributed by atoms with E-state index in [4.69, 9.17) is 23.1 Å². The van der Waals surface area contributed by atoms with E-state index >= 15 is 0 Å². The van der Waals surface area contributed by atoms with Crippen LogP contribution in [0.4, 0.5) is 0 Å². The summed E-state index contributed by atoms with van der Waals surface area (Å²) in [7, 11) is 0. The van der Waals surface area contributed by atoms with Crippen LogP contribution in [-0.2, 0) is 30.4 Å². The molecule has 0 aliphatic carbocycles. The molecule has 44 heavy (non-hydrogen) atoms. The average molecular weight is 652 g/mol. The minimum atomic E-state index is -0.986. The van der Waals surface area contributed by atoms with Crippen LogP contribution in [-0.4, -0.2) is 65.2 Å². The van der Waals surface area contributed by atoms with Crippen molar-refractivity contribution in [2.45, 2.75) is 97.3 Å². The molecule has 0 aliphatic rings. The summed E-state index contributed by atoms with van der Waals surface area (Å²) in [5, 5.41) is 12.3. The van der Waals surface area contributed by atoms with E-state index in [0.29, 0.717) is 54.2 Å². The Hall–Kier alpha value is -3.29. The Morgan fingerprint density at radius 1 is 0.955 bits per heavy atom. The summed E-state index contributed by atoms with van der Waals surface area (Å²) in [6.45, 7) is 8.92. The monoisotopic (exact) mass is 651 g/mol. The number of unbranched alkanes of at least 4 members (excludes halogenated alkanes) is 1. The third-order valence-electron chi connectivity index (χ3n) is 7.42. The van der Waals surface area contributed by atoms with E-state index in [9.17, 15) is 24.0 Å². The van der Waals surface area contributed by atoms with Gasteiger partial charge in [-0.2, -0.15) is 0 Å². The van der Waals surface area contributed by atoms with Crippen molar-refractivity contribution in [2.24, 2.45) is 23.3 Å². The van der Waals surface area contributed by atoms with Crippen molar-refractivity contribution in [1.29, 1.82) is 0 Å². The topological polar surface area (TPSA) is 198 Å². The van der Waals surface area contributed by atoms with E-state index in [1.165, 1.54) is 18.3 Å². The first-order valence-electron chi connectivity index (χ1n) is 15.0. The van der Waals surface area contributed by atoms with Gasteiger partial charge in [0.05, 0.1) is 15.2 Å². The molecule has 12 nitrogen and oxygen atoms in total. The fourth-order valence-electron chi connectivity index (χ4n) is 4.69. The number of hydrogen-bond donors (Lipinski definition) is 6. The number of halogens is 1. The number of fused-ring (bicyclic) bond motifs is 1. The second-order valence-corrected chi connectivity index (χ2v) is 12.9. The zero-order valence-corrected chi connectivity index (χ0v) is 27.6. The predicted molar refractivity (Wildman–Crippen MR) is 173 cm³/mol. The highest BCUT2D eigenvalue weighted by Gasteiger charge is 2.33. The van der Waals surface area contributed by atoms with Crippen LogP contribution in [0, 0.1) is 11.8 Å². The zero-order valence-electron chi connectivity index (χ0n) is 26.1. The van der Waals surface area contributed by atoms with Crippen molar-refractivity contribution < 1.29 is 24.0 Å². The Kier molecular flexibility index (Phi) is 15.0. The number of thiazole rings is 1. The van der Waals surface area contributed by atoms with Crippen molar-refractivity contribution in [1.82, 2.24) is 26.3 Å². The second kappa shape index (κ2) is 17.9. The van der Waals surface area contributed by atoms with Gasteiger partial charge >= 0.3 is 0 Å². The second-order valence-electron chi connectivity index (χ2n) is 11.3. The van der Waals surface area contributed by atoms with Crippen molar-refractivity contribution >= 4 is 62.7 Å². The number of carbonyl (C=O) groups excluding carboxylic acids is 5. The van der Waals surface area contributed by atoms with Gasteiger partial charge in [0.2, 0.25) is 29.5 Å². The molecule has 2 aromatic rings. The standard InChI is InChI=1S/C30H46ClN7O5S/c1-6-16(2)26(30(43)37-21(9-7-8-12-32)28(41)34-18(4)13-17(3)27(33)40)38-29(42)23(35-19(5)39)15-25-36-22-14-20(31)10-11-24(22)44-25/h10-11,14,16-18,21,23,26H,6-9,12-13,15,32H2,1-5H3,(H2,33,40)(H,34,41)(H,35,39)(H,37,43)(H,38,42)/t16-,17-,18-,21-,23-,26-/m0/s1. The molecule has 0 radical (unpaired) electrons. The molecule has 0 unspecified atom stereocenters. The van der Waals surface area contributed by atoms with Crippen LogP contribution in [0.3, 0.4) is 0 Å². The smallest absolute Gasteiger partial charge is 0.243 e. The maximum atomic E-state index is 13.6. The van der Waals surface area contributed by atoms with E-state index < -0.39 is 53.6 Å². The molecule has 1 aromatic carbocycles. The molecule has 1 heterocycles. The van der Waals surface area contributed by atoms with E-state index in [1.54, 1.807) is 26.0 Å². The number of benzene rings is 1. The highest BCUT2D eigenvalue weighted by atomic mass is 35.5. The summed E-state index contributed by atoms with van der Waals surface area (Å²) >= 11 is 7.47. The minimum Gasteiger partial charge on any atom is -0.369 e. The quantitative estimate of drug-likeness (QED) is 0.133. The van der Waals surface area contributed by atoms with Crippen molar-refractivity contribution in [3.05, 3.63) is 28.2 Å². The third kappa shape index (κ3) is 11.7. The van der Waals surface area contributed by atoms with E-state index in [-0.39, 0.29) is 18.4 Å². The van der Waals surface area contributed by atoms with Crippen LogP contribution in [0.2, 0.25) is 5.02 Å². The first-order valence-corrected chi connectivity index (χ1v) is 16.2. The van der Waals surface area contributed by atoms with Crippen molar-refractivity contribution in [3.63, 3.8) is 0 Å². The Morgan fingerprint density at radius 2 is 1.64 bits per heavy atom. The fourth-order valence-corrected chi connectivity index (χ4v) is 5.85. The van der Waals surface area contributed by atoms with Gasteiger partial charge in [0.1, 0.15) is 18.1 Å². The molecule has 5 amide bonds. The molecular formula is C30H46ClN7O5S. The zero-order chi connectivity index (χ0) is 33.0. The van der Waals surface area contributed by atoms with Gasteiger partial charge in [0, 0.05) is 30.3 Å². The molecule has 244 valence electrons. The number of amides is 5. The summed E-state index contributed by atoms with van der Waals surface area (Å²) in [5.41, 5.74) is 11.7. The lowest BCUT2D eigenvalue weighted by Crippen LogP contribution is -2.59. The number of carbonyl (C=O) groups is 5.